The lowest BCUT2D eigenvalue weighted by Crippen LogP contribution is -2.58. The smallest absolute Gasteiger partial charge is 0.317 e. The van der Waals surface area contributed by atoms with E-state index in [0.717, 1.165) is 11.1 Å². The molecule has 2 aromatic heterocycles. The highest BCUT2D eigenvalue weighted by molar-refractivity contribution is 7.07. The summed E-state index contributed by atoms with van der Waals surface area (Å²) in [7, 11) is 3.15. The number of para-hydroxylation sites is 1. The first-order chi connectivity index (χ1) is 13.9. The highest BCUT2D eigenvalue weighted by Gasteiger charge is 2.55. The monoisotopic (exact) mass is 410 g/mol. The molecule has 4 heterocycles. The summed E-state index contributed by atoms with van der Waals surface area (Å²) in [6.07, 6.45) is 5.30. The minimum absolute atomic E-state index is 0.199. The Kier molecular flexibility index (Phi) is 3.79. The van der Waals surface area contributed by atoms with Crippen LogP contribution in [0.3, 0.4) is 0 Å². The second kappa shape index (κ2) is 6.15. The Hall–Kier alpha value is -3.20. The van der Waals surface area contributed by atoms with Crippen molar-refractivity contribution in [1.82, 2.24) is 14.3 Å². The molecule has 0 spiro atoms. The van der Waals surface area contributed by atoms with Crippen molar-refractivity contribution in [1.29, 1.82) is 0 Å². The molecule has 9 heteroatoms. The van der Waals surface area contributed by atoms with Gasteiger partial charge in [-0.05, 0) is 19.1 Å². The lowest BCUT2D eigenvalue weighted by Gasteiger charge is -2.44. The third-order valence-corrected chi connectivity index (χ3v) is 6.34. The van der Waals surface area contributed by atoms with Gasteiger partial charge in [-0.3, -0.25) is 18.8 Å². The summed E-state index contributed by atoms with van der Waals surface area (Å²) in [5.41, 5.74) is 0.230. The fourth-order valence-corrected chi connectivity index (χ4v) is 5.20. The third kappa shape index (κ3) is 2.57. The van der Waals surface area contributed by atoms with Crippen LogP contribution in [0.5, 0.6) is 5.75 Å². The molecule has 0 saturated heterocycles. The van der Waals surface area contributed by atoms with Crippen LogP contribution >= 0.6 is 11.3 Å². The number of aryl methyl sites for hydroxylation is 1. The van der Waals surface area contributed by atoms with Crippen LogP contribution in [0.2, 0.25) is 0 Å². The Balaban J connectivity index is 1.81. The molecule has 0 saturated carbocycles. The maximum Gasteiger partial charge on any atom is 0.317 e. The van der Waals surface area contributed by atoms with Gasteiger partial charge in [0.1, 0.15) is 11.7 Å². The minimum Gasteiger partial charge on any atom is -0.469 e. The van der Waals surface area contributed by atoms with E-state index in [1.807, 2.05) is 37.5 Å². The lowest BCUT2D eigenvalue weighted by molar-refractivity contribution is -0.158. The van der Waals surface area contributed by atoms with E-state index in [0.29, 0.717) is 15.1 Å². The van der Waals surface area contributed by atoms with Crippen molar-refractivity contribution in [2.24, 2.45) is 18.0 Å². The largest absolute Gasteiger partial charge is 0.469 e. The van der Waals surface area contributed by atoms with E-state index in [4.69, 9.17) is 14.5 Å². The second-order valence-corrected chi connectivity index (χ2v) is 8.28. The topological polar surface area (TPSA) is 87.7 Å². The summed E-state index contributed by atoms with van der Waals surface area (Å²) < 4.78 is 15.0. The zero-order valence-corrected chi connectivity index (χ0v) is 16.8. The van der Waals surface area contributed by atoms with E-state index < -0.39 is 23.7 Å². The molecular formula is C20H18N4O4S. The number of thiazole rings is 1. The molecule has 2 bridgehead atoms. The van der Waals surface area contributed by atoms with E-state index in [9.17, 15) is 9.59 Å². The number of rotatable bonds is 2. The molecular weight excluding hydrogens is 392 g/mol. The van der Waals surface area contributed by atoms with E-state index in [1.54, 1.807) is 28.4 Å². The maximum atomic E-state index is 13.4. The number of benzene rings is 1. The maximum absolute atomic E-state index is 13.4. The summed E-state index contributed by atoms with van der Waals surface area (Å²) in [5, 5.41) is 4.14. The Morgan fingerprint density at radius 3 is 2.90 bits per heavy atom. The molecule has 0 aliphatic carbocycles. The molecule has 3 atom stereocenters. The van der Waals surface area contributed by atoms with Gasteiger partial charge in [0.05, 0.1) is 23.9 Å². The van der Waals surface area contributed by atoms with Gasteiger partial charge in [0, 0.05) is 24.4 Å². The molecule has 3 aromatic rings. The quantitative estimate of drug-likeness (QED) is 0.577. The van der Waals surface area contributed by atoms with Gasteiger partial charge in [0.25, 0.3) is 5.56 Å². The number of fused-ring (bicyclic) bond motifs is 6. The van der Waals surface area contributed by atoms with E-state index in [2.05, 4.69) is 5.10 Å². The summed E-state index contributed by atoms with van der Waals surface area (Å²) in [6.45, 7) is 1.76. The molecule has 8 nitrogen and oxygen atoms in total. The van der Waals surface area contributed by atoms with E-state index in [1.165, 1.54) is 18.4 Å². The Morgan fingerprint density at radius 1 is 1.38 bits per heavy atom. The van der Waals surface area contributed by atoms with Gasteiger partial charge >= 0.3 is 5.97 Å². The highest BCUT2D eigenvalue weighted by Crippen LogP contribution is 2.47. The molecule has 0 amide bonds. The van der Waals surface area contributed by atoms with E-state index >= 15 is 0 Å². The van der Waals surface area contributed by atoms with Crippen molar-refractivity contribution in [3.05, 3.63) is 67.5 Å². The molecule has 1 aromatic carbocycles. The number of aromatic nitrogens is 3. The Labute approximate surface area is 169 Å². The van der Waals surface area contributed by atoms with Gasteiger partial charge in [0.15, 0.2) is 4.80 Å². The van der Waals surface area contributed by atoms with Gasteiger partial charge in [-0.25, -0.2) is 4.99 Å². The van der Waals surface area contributed by atoms with E-state index in [-0.39, 0.29) is 5.56 Å². The standard InChI is InChI=1S/C20H18N4O4S/c1-20-15(18(26)27-3)16(12-6-4-5-7-13(12)28-20)24-17(25)14(29-19(24)22-20)8-11-9-21-23(2)10-11/h4-10,15-16H,1-3H3/b14-8+/t15-,16-,20+/m1/s1. The second-order valence-electron chi connectivity index (χ2n) is 7.27. The molecule has 2 aliphatic rings. The van der Waals surface area contributed by atoms with Crippen LogP contribution < -0.4 is 19.6 Å². The molecule has 0 fully saturated rings. The first kappa shape index (κ1) is 17.9. The van der Waals surface area contributed by atoms with Crippen molar-refractivity contribution in [3.8, 4) is 5.75 Å². The number of hydrogen-bond acceptors (Lipinski definition) is 7. The summed E-state index contributed by atoms with van der Waals surface area (Å²) >= 11 is 1.28. The van der Waals surface area contributed by atoms with Crippen LogP contribution in [0.15, 0.2) is 46.4 Å². The van der Waals surface area contributed by atoms with Crippen molar-refractivity contribution in [2.45, 2.75) is 18.7 Å². The van der Waals surface area contributed by atoms with Gasteiger partial charge in [-0.15, -0.1) is 0 Å². The molecule has 0 N–H and O–H groups in total. The number of esters is 1. The number of hydrogen-bond donors (Lipinski definition) is 0. The van der Waals surface area contributed by atoms with Crippen LogP contribution in [0.1, 0.15) is 24.1 Å². The molecule has 148 valence electrons. The van der Waals surface area contributed by atoms with Crippen molar-refractivity contribution < 1.29 is 14.3 Å². The highest BCUT2D eigenvalue weighted by atomic mass is 32.1. The number of methoxy groups -OCH3 is 1. The van der Waals surface area contributed by atoms with Crippen LogP contribution in [-0.2, 0) is 16.6 Å². The van der Waals surface area contributed by atoms with Crippen molar-refractivity contribution in [2.75, 3.05) is 7.11 Å². The van der Waals surface area contributed by atoms with Crippen LogP contribution in [-0.4, -0.2) is 33.2 Å². The third-order valence-electron chi connectivity index (χ3n) is 5.36. The average molecular weight is 410 g/mol. The summed E-state index contributed by atoms with van der Waals surface area (Å²) in [6, 6.07) is 6.87. The summed E-state index contributed by atoms with van der Waals surface area (Å²) in [5.74, 6) is -0.615. The molecule has 0 radical (unpaired) electrons. The first-order valence-corrected chi connectivity index (χ1v) is 9.90. The van der Waals surface area contributed by atoms with Gasteiger partial charge in [0.2, 0.25) is 5.72 Å². The number of nitrogens with zero attached hydrogens (tertiary/aromatic N) is 4. The van der Waals surface area contributed by atoms with Gasteiger partial charge < -0.3 is 9.47 Å². The molecule has 2 aliphatic heterocycles. The zero-order chi connectivity index (χ0) is 20.3. The normalized spacial score (nSPS) is 24.9. The van der Waals surface area contributed by atoms with Crippen molar-refractivity contribution in [3.63, 3.8) is 0 Å². The summed E-state index contributed by atoms with van der Waals surface area (Å²) in [4.78, 5) is 31.3. The predicted octanol–water partition coefficient (Wildman–Crippen LogP) is 0.592. The first-order valence-electron chi connectivity index (χ1n) is 9.08. The number of ether oxygens (including phenoxy) is 2. The Bertz CT molecular complexity index is 1320. The number of carbonyl (C=O) groups excluding carboxylic acids is 1. The molecule has 0 unspecified atom stereocenters. The van der Waals surface area contributed by atoms with Crippen LogP contribution in [0, 0.1) is 5.92 Å². The fraction of sp³-hybridized carbons (Fsp3) is 0.300. The molecule has 5 rings (SSSR count). The molecule has 29 heavy (non-hydrogen) atoms. The van der Waals surface area contributed by atoms with Crippen LogP contribution in [0.25, 0.3) is 6.08 Å². The zero-order valence-electron chi connectivity index (χ0n) is 16.0. The minimum atomic E-state index is -1.16. The lowest BCUT2D eigenvalue weighted by atomic mass is 9.81. The van der Waals surface area contributed by atoms with Gasteiger partial charge in [-0.2, -0.15) is 5.10 Å². The van der Waals surface area contributed by atoms with Crippen LogP contribution in [0.4, 0.5) is 0 Å². The Morgan fingerprint density at radius 2 is 2.17 bits per heavy atom. The van der Waals surface area contributed by atoms with Gasteiger partial charge in [-0.1, -0.05) is 29.5 Å². The SMILES string of the molecule is COC(=O)[C@H]1[C@H]2c3ccccc3O[C@]1(C)N=c1s/c(=C/c3cnn(C)c3)c(=O)n12. The predicted molar refractivity (Wildman–Crippen MR) is 105 cm³/mol. The van der Waals surface area contributed by atoms with Crippen molar-refractivity contribution >= 4 is 23.4 Å². The number of carbonyl (C=O) groups is 1. The average Bonchev–Trinajstić information content (AvgIpc) is 3.23. The fourth-order valence-electron chi connectivity index (χ4n) is 4.10.